The topological polar surface area (TPSA) is 0 Å². The van der Waals surface area contributed by atoms with Crippen LogP contribution in [0.2, 0.25) is 0 Å². The second-order valence-corrected chi connectivity index (χ2v) is 7.51. The highest BCUT2D eigenvalue weighted by Gasteiger charge is 2.17. The van der Waals surface area contributed by atoms with Gasteiger partial charge >= 0.3 is 0 Å². The highest BCUT2D eigenvalue weighted by atomic mass is 79.9. The number of halogens is 2. The van der Waals surface area contributed by atoms with Gasteiger partial charge in [-0.2, -0.15) is 0 Å². The molecule has 0 atom stereocenters. The molecule has 0 radical (unpaired) electrons. The maximum absolute atomic E-state index is 3.61. The second-order valence-electron chi connectivity index (χ2n) is 5.68. The van der Waals surface area contributed by atoms with Gasteiger partial charge in [0.05, 0.1) is 0 Å². The van der Waals surface area contributed by atoms with Crippen molar-refractivity contribution < 1.29 is 0 Å². The molecule has 5 aromatic rings. The number of hydrogen-bond acceptors (Lipinski definition) is 0. The highest BCUT2D eigenvalue weighted by molar-refractivity contribution is 9.10. The lowest BCUT2D eigenvalue weighted by molar-refractivity contribution is 1.76. The Morgan fingerprint density at radius 2 is 0.864 bits per heavy atom. The van der Waals surface area contributed by atoms with Gasteiger partial charge in [0, 0.05) is 8.95 Å². The molecule has 104 valence electrons. The molecule has 5 aromatic carbocycles. The fourth-order valence-corrected chi connectivity index (χ4v) is 4.38. The molecule has 0 aliphatic carbocycles. The van der Waals surface area contributed by atoms with Crippen LogP contribution >= 0.6 is 31.9 Å². The minimum atomic E-state index is 1.13. The summed E-state index contributed by atoms with van der Waals surface area (Å²) in [6.07, 6.45) is 0. The normalized spacial score (nSPS) is 12.1. The molecule has 0 spiro atoms. The molecule has 22 heavy (non-hydrogen) atoms. The van der Waals surface area contributed by atoms with E-state index in [1.165, 1.54) is 43.1 Å². The van der Waals surface area contributed by atoms with Crippen LogP contribution in [0, 0.1) is 0 Å². The summed E-state index contributed by atoms with van der Waals surface area (Å²) < 4.78 is 2.26. The van der Waals surface area contributed by atoms with Crippen molar-refractivity contribution in [3.63, 3.8) is 0 Å². The molecule has 0 N–H and O–H groups in total. The van der Waals surface area contributed by atoms with Crippen LogP contribution in [-0.4, -0.2) is 0 Å². The quantitative estimate of drug-likeness (QED) is 0.252. The standard InChI is InChI=1S/C20H10Br2/c21-11-5-7-15-17(9-11)13-3-1-2-4-14-18-10-12(22)6-8-16(18)20(15)19(13)14/h1-10H. The minimum absolute atomic E-state index is 1.13. The van der Waals surface area contributed by atoms with Crippen LogP contribution in [-0.2, 0) is 0 Å². The summed E-state index contributed by atoms with van der Waals surface area (Å²) >= 11 is 7.22. The zero-order valence-corrected chi connectivity index (χ0v) is 14.7. The van der Waals surface area contributed by atoms with Crippen molar-refractivity contribution in [3.05, 3.63) is 69.6 Å². The molecule has 0 heterocycles. The lowest BCUT2D eigenvalue weighted by Crippen LogP contribution is -1.70. The summed E-state index contributed by atoms with van der Waals surface area (Å²) in [5.74, 6) is 0. The Morgan fingerprint density at radius 1 is 0.455 bits per heavy atom. The predicted octanol–water partition coefficient (Wildman–Crippen LogP) is 7.26. The molecular formula is C20H10Br2. The van der Waals surface area contributed by atoms with Gasteiger partial charge in [0.1, 0.15) is 0 Å². The zero-order valence-electron chi connectivity index (χ0n) is 11.5. The predicted molar refractivity (Wildman–Crippen MR) is 103 cm³/mol. The van der Waals surface area contributed by atoms with E-state index in [1.54, 1.807) is 0 Å². The van der Waals surface area contributed by atoms with Crippen LogP contribution in [0.5, 0.6) is 0 Å². The SMILES string of the molecule is Brc1ccc2c(c1)c1ccccc3c4cc(Br)ccc4c2c13. The van der Waals surface area contributed by atoms with Crippen molar-refractivity contribution in [1.29, 1.82) is 0 Å². The molecule has 0 unspecified atom stereocenters. The fourth-order valence-electron chi connectivity index (χ4n) is 3.66. The van der Waals surface area contributed by atoms with Gasteiger partial charge in [-0.15, -0.1) is 0 Å². The van der Waals surface area contributed by atoms with E-state index in [1.807, 2.05) is 0 Å². The Labute approximate surface area is 144 Å². The van der Waals surface area contributed by atoms with Crippen LogP contribution in [0.15, 0.2) is 69.6 Å². The first-order chi connectivity index (χ1) is 10.7. The van der Waals surface area contributed by atoms with Gasteiger partial charge in [0.2, 0.25) is 0 Å². The summed E-state index contributed by atoms with van der Waals surface area (Å²) in [5.41, 5.74) is 0. The molecule has 0 saturated heterocycles. The molecule has 0 bridgehead atoms. The van der Waals surface area contributed by atoms with Gasteiger partial charge in [-0.05, 0) is 67.4 Å². The van der Waals surface area contributed by atoms with Gasteiger partial charge in [0.25, 0.3) is 0 Å². The van der Waals surface area contributed by atoms with Crippen LogP contribution in [0.25, 0.3) is 43.1 Å². The Hall–Kier alpha value is -1.64. The molecule has 0 aliphatic rings. The molecule has 0 nitrogen and oxygen atoms in total. The lowest BCUT2D eigenvalue weighted by atomic mass is 10.1. The van der Waals surface area contributed by atoms with Crippen molar-refractivity contribution in [2.24, 2.45) is 0 Å². The van der Waals surface area contributed by atoms with E-state index in [4.69, 9.17) is 0 Å². The van der Waals surface area contributed by atoms with Crippen molar-refractivity contribution in [3.8, 4) is 0 Å². The fraction of sp³-hybridized carbons (Fsp3) is 0. The van der Waals surface area contributed by atoms with Crippen molar-refractivity contribution >= 4 is 74.9 Å². The van der Waals surface area contributed by atoms with Crippen LogP contribution in [0.1, 0.15) is 0 Å². The maximum Gasteiger partial charge on any atom is 0.0181 e. The van der Waals surface area contributed by atoms with Gasteiger partial charge < -0.3 is 0 Å². The minimum Gasteiger partial charge on any atom is -0.0616 e. The Balaban J connectivity index is 2.24. The van der Waals surface area contributed by atoms with Crippen LogP contribution in [0.3, 0.4) is 0 Å². The molecule has 5 rings (SSSR count). The monoisotopic (exact) mass is 408 g/mol. The summed E-state index contributed by atoms with van der Waals surface area (Å²) in [6.45, 7) is 0. The van der Waals surface area contributed by atoms with Crippen LogP contribution < -0.4 is 0 Å². The maximum atomic E-state index is 3.61. The smallest absolute Gasteiger partial charge is 0.0181 e. The van der Waals surface area contributed by atoms with Crippen molar-refractivity contribution in [2.45, 2.75) is 0 Å². The first-order valence-electron chi connectivity index (χ1n) is 7.18. The van der Waals surface area contributed by atoms with E-state index in [-0.39, 0.29) is 0 Å². The first-order valence-corrected chi connectivity index (χ1v) is 8.77. The average molecular weight is 410 g/mol. The molecule has 0 aliphatic heterocycles. The van der Waals surface area contributed by atoms with E-state index in [2.05, 4.69) is 92.5 Å². The third-order valence-corrected chi connectivity index (χ3v) is 5.49. The second kappa shape index (κ2) is 4.43. The Bertz CT molecular complexity index is 1100. The summed E-state index contributed by atoms with van der Waals surface area (Å²) in [4.78, 5) is 0. The number of fused-ring (bicyclic) bond motifs is 6. The van der Waals surface area contributed by atoms with E-state index < -0.39 is 0 Å². The van der Waals surface area contributed by atoms with E-state index in [0.29, 0.717) is 0 Å². The first kappa shape index (κ1) is 12.9. The zero-order chi connectivity index (χ0) is 14.8. The molecule has 0 fully saturated rings. The molecular weight excluding hydrogens is 400 g/mol. The van der Waals surface area contributed by atoms with Crippen molar-refractivity contribution in [1.82, 2.24) is 0 Å². The Kier molecular flexibility index (Phi) is 2.59. The van der Waals surface area contributed by atoms with Gasteiger partial charge in [-0.3, -0.25) is 0 Å². The van der Waals surface area contributed by atoms with Crippen molar-refractivity contribution in [2.75, 3.05) is 0 Å². The largest absolute Gasteiger partial charge is 0.0616 e. The lowest BCUT2D eigenvalue weighted by Gasteiger charge is -1.97. The number of benzene rings is 2. The Morgan fingerprint density at radius 3 is 1.32 bits per heavy atom. The molecule has 0 amide bonds. The number of rotatable bonds is 0. The molecule has 2 heteroatoms. The van der Waals surface area contributed by atoms with Crippen LogP contribution in [0.4, 0.5) is 0 Å². The molecule has 0 saturated carbocycles. The average Bonchev–Trinajstić information content (AvgIpc) is 2.86. The number of hydrogen-bond donors (Lipinski definition) is 0. The summed E-state index contributed by atoms with van der Waals surface area (Å²) in [6, 6.07) is 21.9. The van der Waals surface area contributed by atoms with Gasteiger partial charge in [-0.25, -0.2) is 0 Å². The van der Waals surface area contributed by atoms with E-state index in [9.17, 15) is 0 Å². The third kappa shape index (κ3) is 1.57. The van der Waals surface area contributed by atoms with Gasteiger partial charge in [-0.1, -0.05) is 68.3 Å². The summed E-state index contributed by atoms with van der Waals surface area (Å²) in [5, 5.41) is 10.8. The highest BCUT2D eigenvalue weighted by Crippen LogP contribution is 2.46. The van der Waals surface area contributed by atoms with E-state index in [0.717, 1.165) is 8.95 Å². The molecule has 0 aromatic heterocycles. The van der Waals surface area contributed by atoms with Gasteiger partial charge in [0.15, 0.2) is 0 Å². The third-order valence-electron chi connectivity index (χ3n) is 4.51. The van der Waals surface area contributed by atoms with E-state index >= 15 is 0 Å². The summed E-state index contributed by atoms with van der Waals surface area (Å²) in [7, 11) is 0.